The van der Waals surface area contributed by atoms with E-state index < -0.39 is 45.6 Å². The van der Waals surface area contributed by atoms with Crippen molar-refractivity contribution in [2.45, 2.75) is 44.5 Å². The van der Waals surface area contributed by atoms with E-state index >= 15 is 0 Å². The van der Waals surface area contributed by atoms with E-state index in [9.17, 15) is 14.7 Å². The van der Waals surface area contributed by atoms with Gasteiger partial charge in [0.25, 0.3) is 5.91 Å². The highest BCUT2D eigenvalue weighted by molar-refractivity contribution is 7.98. The number of nitrogens with zero attached hydrogens (tertiary/aromatic N) is 2. The molecule has 72 heavy (non-hydrogen) atoms. The van der Waals surface area contributed by atoms with Crippen LogP contribution in [0.25, 0.3) is 11.1 Å². The van der Waals surface area contributed by atoms with E-state index in [1.54, 1.807) is 13.8 Å². The second-order valence-corrected chi connectivity index (χ2v) is 23.0. The molecule has 0 bridgehead atoms. The molecule has 1 heterocycles. The lowest BCUT2D eigenvalue weighted by molar-refractivity contribution is -0.251. The van der Waals surface area contributed by atoms with E-state index in [-0.39, 0.29) is 24.9 Å². The summed E-state index contributed by atoms with van der Waals surface area (Å²) < 4.78 is 11.3. The minimum atomic E-state index is -0.964. The second-order valence-electron chi connectivity index (χ2n) is 17.7. The zero-order valence-electron chi connectivity index (χ0n) is 41.0. The SMILES string of the molecule is CSC[C@@H](N=C([O-])OCC1c2ccccc2-c2ccccc21)C(=O)N1C(C(C)=O)COC1(C)C.c1ccc(P(c2ccccc2)c2ccccc2)cc1.c1ccc(P(c2ccccc2)c2ccccc2)cc1. The molecule has 10 rings (SSSR count). The Morgan fingerprint density at radius 1 is 0.597 bits per heavy atom. The van der Waals surface area contributed by atoms with Gasteiger partial charge < -0.3 is 19.5 Å². The minimum Gasteiger partial charge on any atom is -0.599 e. The second kappa shape index (κ2) is 25.1. The molecule has 10 heteroatoms. The zero-order valence-corrected chi connectivity index (χ0v) is 43.6. The van der Waals surface area contributed by atoms with Gasteiger partial charge in [0.1, 0.15) is 23.9 Å². The molecule has 364 valence electrons. The van der Waals surface area contributed by atoms with Crippen LogP contribution in [0.15, 0.2) is 236 Å². The fraction of sp³-hybridized carbons (Fsp3) is 0.177. The first-order chi connectivity index (χ1) is 35.1. The third kappa shape index (κ3) is 12.7. The van der Waals surface area contributed by atoms with Crippen LogP contribution >= 0.6 is 27.6 Å². The number of ether oxygens (including phenoxy) is 2. The van der Waals surface area contributed by atoms with Crippen LogP contribution in [0, 0.1) is 0 Å². The molecule has 0 N–H and O–H groups in total. The summed E-state index contributed by atoms with van der Waals surface area (Å²) >= 11 is 1.40. The molecule has 2 atom stereocenters. The van der Waals surface area contributed by atoms with Gasteiger partial charge in [0.15, 0.2) is 5.78 Å². The first-order valence-corrected chi connectivity index (χ1v) is 28.1. The van der Waals surface area contributed by atoms with Crippen LogP contribution in [0.2, 0.25) is 0 Å². The summed E-state index contributed by atoms with van der Waals surface area (Å²) in [6.07, 6.45) is 1.05. The monoisotopic (exact) mass is 1010 g/mol. The first-order valence-electron chi connectivity index (χ1n) is 24.1. The maximum Gasteiger partial charge on any atom is 0.251 e. The molecular weight excluding hydrogens is 947 g/mol. The van der Waals surface area contributed by atoms with Crippen molar-refractivity contribution in [3.05, 3.63) is 242 Å². The van der Waals surface area contributed by atoms with Gasteiger partial charge in [0, 0.05) is 18.3 Å². The maximum atomic E-state index is 13.4. The number of benzene rings is 8. The zero-order chi connectivity index (χ0) is 50.3. The van der Waals surface area contributed by atoms with E-state index in [0.717, 1.165) is 22.3 Å². The summed E-state index contributed by atoms with van der Waals surface area (Å²) in [4.78, 5) is 31.0. The van der Waals surface area contributed by atoms with Crippen LogP contribution in [-0.2, 0) is 19.1 Å². The number of Topliss-reactive ketones (excluding diaryl/α,β-unsaturated/α-hetero) is 1. The summed E-state index contributed by atoms with van der Waals surface area (Å²) in [5.74, 6) is -0.372. The summed E-state index contributed by atoms with van der Waals surface area (Å²) in [5, 5.41) is 21.1. The molecule has 1 unspecified atom stereocenters. The predicted molar refractivity (Wildman–Crippen MR) is 301 cm³/mol. The van der Waals surface area contributed by atoms with E-state index in [0.29, 0.717) is 5.75 Å². The van der Waals surface area contributed by atoms with Gasteiger partial charge >= 0.3 is 0 Å². The molecule has 8 aromatic carbocycles. The van der Waals surface area contributed by atoms with Gasteiger partial charge in [-0.05, 0) is 97.0 Å². The summed E-state index contributed by atoms with van der Waals surface area (Å²) in [6.45, 7) is 5.16. The highest BCUT2D eigenvalue weighted by Crippen LogP contribution is 2.44. The Bertz CT molecular complexity index is 2650. The van der Waals surface area contributed by atoms with Crippen molar-refractivity contribution in [3.8, 4) is 11.1 Å². The molecule has 0 radical (unpaired) electrons. The number of fused-ring (bicyclic) bond motifs is 3. The van der Waals surface area contributed by atoms with Crippen molar-refractivity contribution in [3.63, 3.8) is 0 Å². The van der Waals surface area contributed by atoms with Gasteiger partial charge in [-0.2, -0.15) is 11.8 Å². The van der Waals surface area contributed by atoms with Gasteiger partial charge in [-0.15, -0.1) is 0 Å². The standard InChI is InChI=1S/C26H30N2O5S.2C18H15P/c1-16(29)23-14-33-26(2,3)28(23)24(30)22(15-34-4)27-25(31)32-13-21-19-11-7-5-9-17(19)18-10-6-8-12-20(18)21;2*1-4-10-16(11-5-1)19(17-12-6-2-7-13-17)18-14-8-3-9-15-18/h5-12,21-23H,13-15H2,1-4H3,(H,27,31);2*1-15H/p-1/t22-,23?;;/m1../s1. The molecule has 1 aliphatic carbocycles. The number of hydrogen-bond donors (Lipinski definition) is 0. The summed E-state index contributed by atoms with van der Waals surface area (Å²) in [6, 6.07) is 79.2. The molecular formula is C62H59N2O5P2S-. The lowest BCUT2D eigenvalue weighted by atomic mass is 9.98. The Morgan fingerprint density at radius 3 is 1.26 bits per heavy atom. The van der Waals surface area contributed by atoms with Crippen LogP contribution in [-0.4, -0.2) is 65.7 Å². The Morgan fingerprint density at radius 2 is 0.931 bits per heavy atom. The van der Waals surface area contributed by atoms with Crippen molar-refractivity contribution in [1.29, 1.82) is 0 Å². The van der Waals surface area contributed by atoms with Crippen LogP contribution in [0.3, 0.4) is 0 Å². The molecule has 7 nitrogen and oxygen atoms in total. The normalized spacial score (nSPS) is 15.1. The number of carbonyl (C=O) groups excluding carboxylic acids is 2. The molecule has 0 saturated carbocycles. The molecule has 1 fully saturated rings. The predicted octanol–water partition coefficient (Wildman–Crippen LogP) is 9.71. The summed E-state index contributed by atoms with van der Waals surface area (Å²) in [7, 11) is -0.892. The number of carbonyl (C=O) groups is 2. The van der Waals surface area contributed by atoms with Crippen molar-refractivity contribution < 1.29 is 24.2 Å². The van der Waals surface area contributed by atoms with Gasteiger partial charge in [-0.3, -0.25) is 14.6 Å². The average molecular weight is 1010 g/mol. The molecule has 1 aliphatic heterocycles. The summed E-state index contributed by atoms with van der Waals surface area (Å²) in [5.41, 5.74) is 3.53. The fourth-order valence-corrected chi connectivity index (χ4v) is 14.3. The van der Waals surface area contributed by atoms with Crippen molar-refractivity contribution in [2.24, 2.45) is 4.99 Å². The third-order valence-corrected chi connectivity index (χ3v) is 18.0. The van der Waals surface area contributed by atoms with Gasteiger partial charge in [-0.25, -0.2) is 0 Å². The quantitative estimate of drug-likeness (QED) is 0.0650. The van der Waals surface area contributed by atoms with Gasteiger partial charge in [0.2, 0.25) is 0 Å². The average Bonchev–Trinajstić information content (AvgIpc) is 3.93. The number of ketones is 1. The Hall–Kier alpha value is -6.66. The van der Waals surface area contributed by atoms with Gasteiger partial charge in [0.05, 0.1) is 6.61 Å². The van der Waals surface area contributed by atoms with E-state index in [1.165, 1.54) is 55.4 Å². The van der Waals surface area contributed by atoms with E-state index in [4.69, 9.17) is 9.47 Å². The fourth-order valence-electron chi connectivity index (χ4n) is 9.12. The number of amides is 1. The topological polar surface area (TPSA) is 91.3 Å². The number of aliphatic imine (C=N–C) groups is 1. The van der Waals surface area contributed by atoms with Crippen molar-refractivity contribution >= 4 is 77.2 Å². The van der Waals surface area contributed by atoms with Crippen LogP contribution < -0.4 is 36.9 Å². The lowest BCUT2D eigenvalue weighted by Gasteiger charge is -2.34. The van der Waals surface area contributed by atoms with E-state index in [2.05, 4.69) is 199 Å². The van der Waals surface area contributed by atoms with Crippen molar-refractivity contribution in [1.82, 2.24) is 4.90 Å². The Labute approximate surface area is 431 Å². The first kappa shape index (κ1) is 51.7. The van der Waals surface area contributed by atoms with Gasteiger partial charge in [-0.1, -0.05) is 231 Å². The number of thioether (sulfide) groups is 1. The van der Waals surface area contributed by atoms with Crippen molar-refractivity contribution in [2.75, 3.05) is 25.2 Å². The smallest absolute Gasteiger partial charge is 0.251 e. The lowest BCUT2D eigenvalue weighted by Crippen LogP contribution is -2.54. The highest BCUT2D eigenvalue weighted by Gasteiger charge is 2.47. The molecule has 8 aromatic rings. The van der Waals surface area contributed by atoms with Crippen LogP contribution in [0.5, 0.6) is 0 Å². The van der Waals surface area contributed by atoms with Crippen LogP contribution in [0.1, 0.15) is 37.8 Å². The Kier molecular flexibility index (Phi) is 18.0. The largest absolute Gasteiger partial charge is 0.599 e. The molecule has 1 amide bonds. The van der Waals surface area contributed by atoms with E-state index in [1.807, 2.05) is 42.7 Å². The van der Waals surface area contributed by atoms with Crippen LogP contribution in [0.4, 0.5) is 0 Å². The number of hydrogen-bond acceptors (Lipinski definition) is 7. The molecule has 1 saturated heterocycles. The molecule has 2 aliphatic rings. The molecule has 0 aromatic heterocycles. The highest BCUT2D eigenvalue weighted by atomic mass is 32.2. The number of rotatable bonds is 13. The minimum absolute atomic E-state index is 0.0886. The molecule has 0 spiro atoms. The Balaban J connectivity index is 0.000000155. The maximum absolute atomic E-state index is 13.4. The third-order valence-electron chi connectivity index (χ3n) is 12.5.